The van der Waals surface area contributed by atoms with E-state index < -0.39 is 0 Å². The number of rotatable bonds is 6. The van der Waals surface area contributed by atoms with Gasteiger partial charge < -0.3 is 9.32 Å². The van der Waals surface area contributed by atoms with E-state index in [4.69, 9.17) is 16.0 Å². The van der Waals surface area contributed by atoms with Crippen LogP contribution in [0.5, 0.6) is 0 Å². The van der Waals surface area contributed by atoms with Crippen molar-refractivity contribution in [3.05, 3.63) is 58.8 Å². The fourth-order valence-electron chi connectivity index (χ4n) is 3.41. The van der Waals surface area contributed by atoms with Gasteiger partial charge >= 0.3 is 0 Å². The molecule has 1 aliphatic heterocycles. The average Bonchev–Trinajstić information content (AvgIpc) is 3.17. The number of amides is 1. The lowest BCUT2D eigenvalue weighted by Gasteiger charge is -2.38. The van der Waals surface area contributed by atoms with Crippen molar-refractivity contribution in [3.63, 3.8) is 0 Å². The van der Waals surface area contributed by atoms with Gasteiger partial charge in [0.15, 0.2) is 0 Å². The molecule has 146 valence electrons. The molecule has 5 nitrogen and oxygen atoms in total. The molecule has 7 heteroatoms. The van der Waals surface area contributed by atoms with Crippen molar-refractivity contribution in [2.45, 2.75) is 26.1 Å². The lowest BCUT2D eigenvalue weighted by molar-refractivity contribution is -0.136. The summed E-state index contributed by atoms with van der Waals surface area (Å²) in [6.45, 7) is 6.22. The van der Waals surface area contributed by atoms with Crippen LogP contribution in [0.2, 0.25) is 5.02 Å². The molecule has 2 aromatic rings. The quantitative estimate of drug-likeness (QED) is 0.755. The molecule has 3 rings (SSSR count). The lowest BCUT2D eigenvalue weighted by Crippen LogP contribution is -2.53. The molecule has 0 spiro atoms. The highest BCUT2D eigenvalue weighted by atomic mass is 35.5. The Bertz CT molecular complexity index is 740. The third-order valence-electron chi connectivity index (χ3n) is 5.10. The molecule has 0 aliphatic carbocycles. The number of carbonyl (C=O) groups is 1. The van der Waals surface area contributed by atoms with Gasteiger partial charge in [-0.2, -0.15) is 0 Å². The molecule has 0 radical (unpaired) electrons. The third kappa shape index (κ3) is 4.89. The number of benzene rings is 1. The number of nitrogens with zero attached hydrogens (tertiary/aromatic N) is 3. The number of piperazine rings is 1. The number of hydrogen-bond acceptors (Lipinski definition) is 4. The molecule has 1 fully saturated rings. The van der Waals surface area contributed by atoms with Crippen molar-refractivity contribution >= 4 is 17.5 Å². The van der Waals surface area contributed by atoms with E-state index >= 15 is 0 Å². The van der Waals surface area contributed by atoms with Gasteiger partial charge in [-0.25, -0.2) is 4.39 Å². The van der Waals surface area contributed by atoms with Crippen LogP contribution in [0.4, 0.5) is 4.39 Å². The predicted molar refractivity (Wildman–Crippen MR) is 103 cm³/mol. The summed E-state index contributed by atoms with van der Waals surface area (Å²) in [7, 11) is 1.69. The second kappa shape index (κ2) is 8.87. The summed E-state index contributed by atoms with van der Waals surface area (Å²) in [5, 5.41) is 0.342. The molecule has 0 bridgehead atoms. The van der Waals surface area contributed by atoms with Gasteiger partial charge in [0.2, 0.25) is 5.91 Å². The number of halogens is 2. The van der Waals surface area contributed by atoms with Crippen LogP contribution in [-0.4, -0.2) is 59.9 Å². The standard InChI is InChI=1S/C20H25ClFN3O2/c1-15(20(26)23(2)14-17-18(21)6-3-7-19(17)22)25-10-8-24(9-11-25)13-16-5-4-12-27-16/h3-7,12,15H,8-11,13-14H2,1-2H3. The zero-order chi connectivity index (χ0) is 19.4. The molecule has 1 saturated heterocycles. The fourth-order valence-corrected chi connectivity index (χ4v) is 3.63. The minimum atomic E-state index is -0.388. The van der Waals surface area contributed by atoms with Crippen molar-refractivity contribution in [3.8, 4) is 0 Å². The van der Waals surface area contributed by atoms with Gasteiger partial charge in [0.05, 0.1) is 18.8 Å². The Morgan fingerprint density at radius 1 is 1.26 bits per heavy atom. The average molecular weight is 394 g/mol. The first-order valence-corrected chi connectivity index (χ1v) is 9.50. The zero-order valence-corrected chi connectivity index (χ0v) is 16.5. The van der Waals surface area contributed by atoms with E-state index in [2.05, 4.69) is 9.80 Å². The summed E-state index contributed by atoms with van der Waals surface area (Å²) in [6.07, 6.45) is 1.68. The van der Waals surface area contributed by atoms with E-state index in [1.165, 1.54) is 6.07 Å². The molecule has 0 N–H and O–H groups in total. The Kier molecular flexibility index (Phi) is 6.52. The fraction of sp³-hybridized carbons (Fsp3) is 0.450. The SMILES string of the molecule is CC(C(=O)N(C)Cc1c(F)cccc1Cl)N1CCN(Cc2ccco2)CC1. The highest BCUT2D eigenvalue weighted by Crippen LogP contribution is 2.21. The molecule has 27 heavy (non-hydrogen) atoms. The van der Waals surface area contributed by atoms with E-state index in [0.29, 0.717) is 10.6 Å². The maximum absolute atomic E-state index is 14.0. The summed E-state index contributed by atoms with van der Waals surface area (Å²) in [5.41, 5.74) is 0.352. The van der Waals surface area contributed by atoms with Crippen LogP contribution in [0.15, 0.2) is 41.0 Å². The first-order valence-electron chi connectivity index (χ1n) is 9.12. The van der Waals surface area contributed by atoms with Gasteiger partial charge in [-0.05, 0) is 31.2 Å². The van der Waals surface area contributed by atoms with E-state index in [0.717, 1.165) is 38.5 Å². The van der Waals surface area contributed by atoms with Crippen LogP contribution in [0.3, 0.4) is 0 Å². The maximum Gasteiger partial charge on any atom is 0.239 e. The molecule has 1 aliphatic rings. The van der Waals surface area contributed by atoms with Gasteiger partial charge in [-0.3, -0.25) is 14.6 Å². The molecule has 1 atom stereocenters. The second-order valence-electron chi connectivity index (χ2n) is 6.96. The summed E-state index contributed by atoms with van der Waals surface area (Å²) < 4.78 is 19.4. The first-order chi connectivity index (χ1) is 13.0. The van der Waals surface area contributed by atoms with Crippen LogP contribution in [0, 0.1) is 5.82 Å². The molecule has 2 heterocycles. The first kappa shape index (κ1) is 19.9. The molecular formula is C20H25ClFN3O2. The Balaban J connectivity index is 1.53. The number of likely N-dealkylation sites (N-methyl/N-ethyl adjacent to an activating group) is 1. The summed E-state index contributed by atoms with van der Waals surface area (Å²) in [5.74, 6) is 0.532. The highest BCUT2D eigenvalue weighted by Gasteiger charge is 2.28. The van der Waals surface area contributed by atoms with E-state index in [1.807, 2.05) is 19.1 Å². The van der Waals surface area contributed by atoms with Crippen LogP contribution in [0.25, 0.3) is 0 Å². The van der Waals surface area contributed by atoms with E-state index in [-0.39, 0.29) is 24.3 Å². The van der Waals surface area contributed by atoms with Crippen LogP contribution in [0.1, 0.15) is 18.2 Å². The van der Waals surface area contributed by atoms with Crippen LogP contribution < -0.4 is 0 Å². The minimum Gasteiger partial charge on any atom is -0.468 e. The molecule has 1 amide bonds. The van der Waals surface area contributed by atoms with Gasteiger partial charge in [0, 0.05) is 50.4 Å². The van der Waals surface area contributed by atoms with Crippen molar-refractivity contribution < 1.29 is 13.6 Å². The Hall–Kier alpha value is -1.89. The smallest absolute Gasteiger partial charge is 0.239 e. The summed E-state index contributed by atoms with van der Waals surface area (Å²) in [6, 6.07) is 8.17. The topological polar surface area (TPSA) is 39.9 Å². The Morgan fingerprint density at radius 3 is 2.63 bits per heavy atom. The number of carbonyl (C=O) groups excluding carboxylic acids is 1. The van der Waals surface area contributed by atoms with Crippen molar-refractivity contribution in [2.24, 2.45) is 0 Å². The highest BCUT2D eigenvalue weighted by molar-refractivity contribution is 6.31. The second-order valence-corrected chi connectivity index (χ2v) is 7.37. The monoisotopic (exact) mass is 393 g/mol. The summed E-state index contributed by atoms with van der Waals surface area (Å²) >= 11 is 6.08. The van der Waals surface area contributed by atoms with Gasteiger partial charge in [-0.1, -0.05) is 17.7 Å². The Morgan fingerprint density at radius 2 is 2.00 bits per heavy atom. The normalized spacial score (nSPS) is 17.0. The molecular weight excluding hydrogens is 369 g/mol. The molecule has 1 aromatic heterocycles. The van der Waals surface area contributed by atoms with Gasteiger partial charge in [0.25, 0.3) is 0 Å². The predicted octanol–water partition coefficient (Wildman–Crippen LogP) is 3.24. The molecule has 0 saturated carbocycles. The molecule has 1 aromatic carbocycles. The third-order valence-corrected chi connectivity index (χ3v) is 5.46. The number of hydrogen-bond donors (Lipinski definition) is 0. The molecule has 1 unspecified atom stereocenters. The van der Waals surface area contributed by atoms with Crippen molar-refractivity contribution in [1.82, 2.24) is 14.7 Å². The van der Waals surface area contributed by atoms with E-state index in [1.54, 1.807) is 30.3 Å². The maximum atomic E-state index is 14.0. The van der Waals surface area contributed by atoms with E-state index in [9.17, 15) is 9.18 Å². The van der Waals surface area contributed by atoms with Gasteiger partial charge in [-0.15, -0.1) is 0 Å². The minimum absolute atomic E-state index is 0.0335. The van der Waals surface area contributed by atoms with Crippen LogP contribution in [-0.2, 0) is 17.9 Å². The van der Waals surface area contributed by atoms with Crippen molar-refractivity contribution in [1.29, 1.82) is 0 Å². The lowest BCUT2D eigenvalue weighted by atomic mass is 10.1. The largest absolute Gasteiger partial charge is 0.468 e. The van der Waals surface area contributed by atoms with Crippen LogP contribution >= 0.6 is 11.6 Å². The van der Waals surface area contributed by atoms with Crippen molar-refractivity contribution in [2.75, 3.05) is 33.2 Å². The zero-order valence-electron chi connectivity index (χ0n) is 15.7. The summed E-state index contributed by atoms with van der Waals surface area (Å²) in [4.78, 5) is 18.8. The Labute approximate surface area is 164 Å². The number of furan rings is 1. The van der Waals surface area contributed by atoms with Gasteiger partial charge in [0.1, 0.15) is 11.6 Å².